The van der Waals surface area contributed by atoms with E-state index in [2.05, 4.69) is 17.6 Å². The first-order valence-electron chi connectivity index (χ1n) is 12.0. The van der Waals surface area contributed by atoms with Crippen LogP contribution in [0.5, 0.6) is 0 Å². The van der Waals surface area contributed by atoms with Crippen LogP contribution < -0.4 is 10.6 Å². The third-order valence-corrected chi connectivity index (χ3v) is 5.47. The van der Waals surface area contributed by atoms with Crippen LogP contribution in [0.15, 0.2) is 18.2 Å². The zero-order valence-corrected chi connectivity index (χ0v) is 21.7. The lowest BCUT2D eigenvalue weighted by atomic mass is 9.95. The van der Waals surface area contributed by atoms with Crippen molar-refractivity contribution in [2.45, 2.75) is 98.8 Å². The van der Waals surface area contributed by atoms with Crippen LogP contribution in [0.4, 0.5) is 4.79 Å². The average molecular weight is 462 g/mol. The van der Waals surface area contributed by atoms with Crippen LogP contribution in [0.3, 0.4) is 0 Å². The molecule has 0 aliphatic heterocycles. The van der Waals surface area contributed by atoms with Gasteiger partial charge < -0.3 is 20.3 Å². The molecule has 2 N–H and O–H groups in total. The first-order valence-corrected chi connectivity index (χ1v) is 12.0. The van der Waals surface area contributed by atoms with E-state index in [9.17, 15) is 14.4 Å². The molecule has 0 radical (unpaired) electrons. The van der Waals surface area contributed by atoms with E-state index in [-0.39, 0.29) is 24.4 Å². The van der Waals surface area contributed by atoms with Gasteiger partial charge in [0.05, 0.1) is 0 Å². The van der Waals surface area contributed by atoms with Gasteiger partial charge in [0.1, 0.15) is 18.2 Å². The lowest BCUT2D eigenvalue weighted by molar-refractivity contribution is -0.140. The summed E-state index contributed by atoms with van der Waals surface area (Å²) in [6, 6.07) is 5.04. The Bertz CT molecular complexity index is 801. The van der Waals surface area contributed by atoms with Crippen molar-refractivity contribution in [3.05, 3.63) is 34.9 Å². The van der Waals surface area contributed by atoms with E-state index in [1.165, 1.54) is 0 Å². The molecule has 0 saturated carbocycles. The third-order valence-electron chi connectivity index (χ3n) is 5.47. The molecule has 2 atom stereocenters. The van der Waals surface area contributed by atoms with Crippen LogP contribution in [0.1, 0.15) is 90.0 Å². The smallest absolute Gasteiger partial charge is 0.408 e. The number of hydrogen-bond acceptors (Lipinski definition) is 4. The zero-order chi connectivity index (χ0) is 25.2. The van der Waals surface area contributed by atoms with Crippen molar-refractivity contribution >= 4 is 17.9 Å². The van der Waals surface area contributed by atoms with Crippen LogP contribution in [0.25, 0.3) is 0 Å². The lowest BCUT2D eigenvalue weighted by Gasteiger charge is -2.33. The maximum absolute atomic E-state index is 13.5. The number of hydrogen-bond donors (Lipinski definition) is 2. The van der Waals surface area contributed by atoms with Crippen molar-refractivity contribution in [1.82, 2.24) is 15.5 Å². The Morgan fingerprint density at radius 2 is 1.76 bits per heavy atom. The number of benzene rings is 1. The minimum absolute atomic E-state index is 0.00173. The molecule has 0 aromatic heterocycles. The predicted octanol–water partition coefficient (Wildman–Crippen LogP) is 4.80. The second kappa shape index (κ2) is 13.2. The Balaban J connectivity index is 3.27. The van der Waals surface area contributed by atoms with Gasteiger partial charge >= 0.3 is 6.09 Å². The number of rotatable bonds is 11. The van der Waals surface area contributed by atoms with Gasteiger partial charge in [-0.1, -0.05) is 44.9 Å². The molecule has 2 unspecified atom stereocenters. The van der Waals surface area contributed by atoms with Crippen LogP contribution in [0.2, 0.25) is 0 Å². The number of nitrogens with one attached hydrogen (secondary N) is 2. The maximum atomic E-state index is 13.5. The fourth-order valence-corrected chi connectivity index (χ4v) is 3.64. The molecule has 3 amide bonds. The summed E-state index contributed by atoms with van der Waals surface area (Å²) in [7, 11) is 0. The van der Waals surface area contributed by atoms with Crippen molar-refractivity contribution in [2.75, 3.05) is 13.1 Å². The van der Waals surface area contributed by atoms with E-state index in [1.54, 1.807) is 25.7 Å². The number of unbranched alkanes of at least 4 members (excludes halogenated alkanes) is 1. The molecule has 0 fully saturated rings. The molecule has 0 spiro atoms. The highest BCUT2D eigenvalue weighted by Gasteiger charge is 2.33. The van der Waals surface area contributed by atoms with Gasteiger partial charge in [0.2, 0.25) is 11.8 Å². The molecular weight excluding hydrogens is 418 g/mol. The molecule has 7 heteroatoms. The molecule has 1 aromatic rings. The van der Waals surface area contributed by atoms with Gasteiger partial charge in [0, 0.05) is 12.6 Å². The van der Waals surface area contributed by atoms with Gasteiger partial charge in [0.25, 0.3) is 0 Å². The quantitative estimate of drug-likeness (QED) is 0.495. The minimum Gasteiger partial charge on any atom is -0.444 e. The summed E-state index contributed by atoms with van der Waals surface area (Å²) in [5, 5.41) is 5.63. The second-order valence-corrected chi connectivity index (χ2v) is 9.69. The van der Waals surface area contributed by atoms with Crippen molar-refractivity contribution in [3.8, 4) is 0 Å². The molecule has 0 saturated heterocycles. The lowest BCUT2D eigenvalue weighted by Crippen LogP contribution is -2.49. The van der Waals surface area contributed by atoms with Gasteiger partial charge in [-0.3, -0.25) is 9.59 Å². The van der Waals surface area contributed by atoms with E-state index in [4.69, 9.17) is 4.74 Å². The number of aryl methyl sites for hydroxylation is 1. The first kappa shape index (κ1) is 28.5. The Kier molecular flexibility index (Phi) is 11.4. The van der Waals surface area contributed by atoms with Gasteiger partial charge in [-0.15, -0.1) is 0 Å². The summed E-state index contributed by atoms with van der Waals surface area (Å²) in [6.45, 7) is 15.5. The molecular formula is C26H43N3O4. The highest BCUT2D eigenvalue weighted by Crippen LogP contribution is 2.27. The molecule has 1 aromatic carbocycles. The topological polar surface area (TPSA) is 87.7 Å². The molecule has 1 rings (SSSR count). The number of amides is 3. The summed E-state index contributed by atoms with van der Waals surface area (Å²) in [4.78, 5) is 40.5. The molecule has 0 bridgehead atoms. The summed E-state index contributed by atoms with van der Waals surface area (Å²) >= 11 is 0. The monoisotopic (exact) mass is 461 g/mol. The summed E-state index contributed by atoms with van der Waals surface area (Å²) in [5.41, 5.74) is 2.18. The first-order chi connectivity index (χ1) is 15.4. The Labute approximate surface area is 199 Å². The largest absolute Gasteiger partial charge is 0.444 e. The Hall–Kier alpha value is -2.57. The van der Waals surface area contributed by atoms with Crippen molar-refractivity contribution in [3.63, 3.8) is 0 Å². The van der Waals surface area contributed by atoms with E-state index < -0.39 is 17.7 Å². The number of carbonyl (C=O) groups excluding carboxylic acids is 3. The Morgan fingerprint density at radius 1 is 1.09 bits per heavy atom. The number of carbonyl (C=O) groups is 3. The summed E-state index contributed by atoms with van der Waals surface area (Å²) in [6.07, 6.45) is 2.77. The number of ether oxygens (including phenoxy) is 1. The molecule has 33 heavy (non-hydrogen) atoms. The van der Waals surface area contributed by atoms with Crippen LogP contribution in [0, 0.1) is 13.8 Å². The second-order valence-electron chi connectivity index (χ2n) is 9.69. The summed E-state index contributed by atoms with van der Waals surface area (Å²) < 4.78 is 5.26. The molecule has 7 nitrogen and oxygen atoms in total. The van der Waals surface area contributed by atoms with E-state index in [1.807, 2.05) is 45.9 Å². The zero-order valence-electron chi connectivity index (χ0n) is 21.7. The fraction of sp³-hybridized carbons (Fsp3) is 0.654. The van der Waals surface area contributed by atoms with E-state index in [0.29, 0.717) is 6.54 Å². The minimum atomic E-state index is -0.774. The van der Waals surface area contributed by atoms with Gasteiger partial charge in [0.15, 0.2) is 0 Å². The van der Waals surface area contributed by atoms with Crippen molar-refractivity contribution in [1.29, 1.82) is 0 Å². The predicted molar refractivity (Wildman–Crippen MR) is 132 cm³/mol. The number of nitrogens with zero attached hydrogens (tertiary/aromatic N) is 1. The highest BCUT2D eigenvalue weighted by molar-refractivity contribution is 5.90. The number of alkyl carbamates (subject to hydrolysis) is 1. The Morgan fingerprint density at radius 3 is 2.33 bits per heavy atom. The maximum Gasteiger partial charge on any atom is 0.408 e. The molecule has 0 aliphatic rings. The standard InChI is InChI=1S/C26H43N3O4/c1-9-11-16-29(22(30)17-27-25(32)33-26(6,7)8)23(24(31)28-19(4)13-10-2)21-15-12-14-18(3)20(21)5/h12,14-15,19,23H,9-11,13,16-17H2,1-8H3,(H,27,32)(H,28,31). The SMILES string of the molecule is CCCCN(C(=O)CNC(=O)OC(C)(C)C)C(C(=O)NC(C)CCC)c1cccc(C)c1C. The average Bonchev–Trinajstić information content (AvgIpc) is 2.70. The van der Waals surface area contributed by atoms with E-state index >= 15 is 0 Å². The van der Waals surface area contributed by atoms with Gasteiger partial charge in [-0.05, 0) is 71.1 Å². The molecule has 0 aliphatic carbocycles. The van der Waals surface area contributed by atoms with Gasteiger partial charge in [-0.2, -0.15) is 0 Å². The van der Waals surface area contributed by atoms with Crippen molar-refractivity contribution in [2.24, 2.45) is 0 Å². The third kappa shape index (κ3) is 9.44. The normalized spacial score (nSPS) is 13.1. The van der Waals surface area contributed by atoms with Crippen molar-refractivity contribution < 1.29 is 19.1 Å². The molecule has 186 valence electrons. The van der Waals surface area contributed by atoms with Crippen LogP contribution in [-0.2, 0) is 14.3 Å². The van der Waals surface area contributed by atoms with Crippen LogP contribution >= 0.6 is 0 Å². The molecule has 0 heterocycles. The van der Waals surface area contributed by atoms with Crippen LogP contribution in [-0.4, -0.2) is 47.5 Å². The van der Waals surface area contributed by atoms with Gasteiger partial charge in [-0.25, -0.2) is 4.79 Å². The highest BCUT2D eigenvalue weighted by atomic mass is 16.6. The van der Waals surface area contributed by atoms with E-state index in [0.717, 1.165) is 42.4 Å². The fourth-order valence-electron chi connectivity index (χ4n) is 3.64. The summed E-state index contributed by atoms with van der Waals surface area (Å²) in [5.74, 6) is -0.523.